The number of ether oxygens (including phenoxy) is 1. The van der Waals surface area contributed by atoms with Crippen molar-refractivity contribution in [2.75, 3.05) is 0 Å². The van der Waals surface area contributed by atoms with E-state index >= 15 is 0 Å². The first-order valence-corrected chi connectivity index (χ1v) is 6.93. The predicted molar refractivity (Wildman–Crippen MR) is 81.2 cm³/mol. The van der Waals surface area contributed by atoms with Gasteiger partial charge in [0.1, 0.15) is 0 Å². The SMILES string of the molecule is CC(C)(C)C(=O)Oc1cc2ccccn2c1C(C)(C)C. The molecule has 0 aliphatic heterocycles. The van der Waals surface area contributed by atoms with Gasteiger partial charge in [0.25, 0.3) is 0 Å². The second-order valence-electron chi connectivity index (χ2n) is 7.24. The van der Waals surface area contributed by atoms with Crippen LogP contribution in [0.4, 0.5) is 0 Å². The topological polar surface area (TPSA) is 30.7 Å². The van der Waals surface area contributed by atoms with Crippen molar-refractivity contribution in [1.82, 2.24) is 4.40 Å². The van der Waals surface area contributed by atoms with Gasteiger partial charge in [-0.1, -0.05) is 26.8 Å². The van der Waals surface area contributed by atoms with E-state index in [-0.39, 0.29) is 11.4 Å². The minimum Gasteiger partial charge on any atom is -0.424 e. The van der Waals surface area contributed by atoms with Crippen molar-refractivity contribution in [2.45, 2.75) is 47.0 Å². The van der Waals surface area contributed by atoms with E-state index in [2.05, 4.69) is 25.2 Å². The molecular weight excluding hydrogens is 250 g/mol. The summed E-state index contributed by atoms with van der Waals surface area (Å²) in [5.74, 6) is 0.447. The predicted octanol–water partition coefficient (Wildman–Crippen LogP) is 4.19. The van der Waals surface area contributed by atoms with Gasteiger partial charge in [-0.05, 0) is 32.9 Å². The minimum atomic E-state index is -0.511. The number of esters is 1. The summed E-state index contributed by atoms with van der Waals surface area (Å²) in [6.07, 6.45) is 2.00. The summed E-state index contributed by atoms with van der Waals surface area (Å²) < 4.78 is 7.75. The molecule has 2 heterocycles. The zero-order valence-electron chi connectivity index (χ0n) is 13.2. The zero-order valence-corrected chi connectivity index (χ0v) is 13.2. The lowest BCUT2D eigenvalue weighted by Gasteiger charge is -2.22. The van der Waals surface area contributed by atoms with E-state index in [0.29, 0.717) is 5.75 Å². The second-order valence-corrected chi connectivity index (χ2v) is 7.24. The number of nitrogens with zero attached hydrogens (tertiary/aromatic N) is 1. The molecule has 3 heteroatoms. The maximum Gasteiger partial charge on any atom is 0.316 e. The lowest BCUT2D eigenvalue weighted by molar-refractivity contribution is -0.143. The Morgan fingerprint density at radius 3 is 2.30 bits per heavy atom. The number of pyridine rings is 1. The Kier molecular flexibility index (Phi) is 3.41. The van der Waals surface area contributed by atoms with E-state index in [0.717, 1.165) is 11.2 Å². The van der Waals surface area contributed by atoms with E-state index in [1.807, 2.05) is 51.2 Å². The maximum atomic E-state index is 12.2. The number of fused-ring (bicyclic) bond motifs is 1. The van der Waals surface area contributed by atoms with Gasteiger partial charge in [0.2, 0.25) is 0 Å². The highest BCUT2D eigenvalue weighted by atomic mass is 16.5. The molecule has 0 aliphatic rings. The van der Waals surface area contributed by atoms with Gasteiger partial charge >= 0.3 is 5.97 Å². The molecule has 0 aromatic carbocycles. The van der Waals surface area contributed by atoms with Crippen molar-refractivity contribution in [3.8, 4) is 5.75 Å². The summed E-state index contributed by atoms with van der Waals surface area (Å²) in [5.41, 5.74) is 1.43. The van der Waals surface area contributed by atoms with Gasteiger partial charge in [0.15, 0.2) is 5.75 Å². The second kappa shape index (κ2) is 4.65. The van der Waals surface area contributed by atoms with E-state index < -0.39 is 5.41 Å². The molecule has 108 valence electrons. The largest absolute Gasteiger partial charge is 0.424 e. The van der Waals surface area contributed by atoms with Crippen LogP contribution in [0.3, 0.4) is 0 Å². The van der Waals surface area contributed by atoms with Crippen LogP contribution in [-0.2, 0) is 10.2 Å². The van der Waals surface area contributed by atoms with Gasteiger partial charge in [-0.25, -0.2) is 0 Å². The average Bonchev–Trinajstić information content (AvgIpc) is 2.64. The van der Waals surface area contributed by atoms with Crippen LogP contribution in [-0.4, -0.2) is 10.4 Å². The highest BCUT2D eigenvalue weighted by Crippen LogP contribution is 2.35. The first kappa shape index (κ1) is 14.6. The van der Waals surface area contributed by atoms with Crippen molar-refractivity contribution in [1.29, 1.82) is 0 Å². The van der Waals surface area contributed by atoms with Gasteiger partial charge < -0.3 is 9.14 Å². The molecule has 0 N–H and O–H groups in total. The third-order valence-corrected chi connectivity index (χ3v) is 3.17. The number of hydrogen-bond acceptors (Lipinski definition) is 2. The van der Waals surface area contributed by atoms with Gasteiger partial charge in [-0.2, -0.15) is 0 Å². The number of carbonyl (C=O) groups excluding carboxylic acids is 1. The van der Waals surface area contributed by atoms with E-state index in [1.54, 1.807) is 0 Å². The lowest BCUT2D eigenvalue weighted by Crippen LogP contribution is -2.27. The van der Waals surface area contributed by atoms with Crippen molar-refractivity contribution in [3.63, 3.8) is 0 Å². The fourth-order valence-electron chi connectivity index (χ4n) is 2.16. The number of hydrogen-bond donors (Lipinski definition) is 0. The number of carbonyl (C=O) groups is 1. The van der Waals surface area contributed by atoms with Crippen LogP contribution in [0.5, 0.6) is 5.75 Å². The van der Waals surface area contributed by atoms with Gasteiger partial charge in [0.05, 0.1) is 11.1 Å². The quantitative estimate of drug-likeness (QED) is 0.729. The summed E-state index contributed by atoms with van der Waals surface area (Å²) in [6, 6.07) is 7.92. The Morgan fingerprint density at radius 2 is 1.75 bits per heavy atom. The molecule has 2 rings (SSSR count). The fourth-order valence-corrected chi connectivity index (χ4v) is 2.16. The van der Waals surface area contributed by atoms with E-state index in [9.17, 15) is 4.79 Å². The Labute approximate surface area is 120 Å². The molecule has 0 unspecified atom stereocenters. The standard InChI is InChI=1S/C17H23NO2/c1-16(2,3)14-13(20-15(19)17(4,5)6)11-12-9-7-8-10-18(12)14/h7-11H,1-6H3. The third-order valence-electron chi connectivity index (χ3n) is 3.17. The summed E-state index contributed by atoms with van der Waals surface area (Å²) in [4.78, 5) is 12.2. The minimum absolute atomic E-state index is 0.110. The molecule has 0 atom stereocenters. The van der Waals surface area contributed by atoms with Crippen LogP contribution in [0.15, 0.2) is 30.5 Å². The molecule has 0 aliphatic carbocycles. The molecule has 0 bridgehead atoms. The zero-order chi connectivity index (χ0) is 15.1. The van der Waals surface area contributed by atoms with Crippen LogP contribution >= 0.6 is 0 Å². The summed E-state index contributed by atoms with van der Waals surface area (Å²) in [5, 5.41) is 0. The molecule has 0 saturated carbocycles. The molecule has 20 heavy (non-hydrogen) atoms. The van der Waals surface area contributed by atoms with Crippen LogP contribution in [0, 0.1) is 5.41 Å². The molecular formula is C17H23NO2. The molecule has 2 aromatic rings. The maximum absolute atomic E-state index is 12.2. The molecule has 0 spiro atoms. The summed E-state index contributed by atoms with van der Waals surface area (Å²) in [6.45, 7) is 12.0. The highest BCUT2D eigenvalue weighted by Gasteiger charge is 2.29. The highest BCUT2D eigenvalue weighted by molar-refractivity contribution is 5.79. The normalized spacial score (nSPS) is 12.7. The monoisotopic (exact) mass is 273 g/mol. The van der Waals surface area contributed by atoms with Crippen molar-refractivity contribution in [2.24, 2.45) is 5.41 Å². The molecule has 0 radical (unpaired) electrons. The summed E-state index contributed by atoms with van der Waals surface area (Å²) in [7, 11) is 0. The molecule has 3 nitrogen and oxygen atoms in total. The van der Waals surface area contributed by atoms with Crippen molar-refractivity contribution in [3.05, 3.63) is 36.2 Å². The fraction of sp³-hybridized carbons (Fsp3) is 0.471. The summed E-state index contributed by atoms with van der Waals surface area (Å²) >= 11 is 0. The molecule has 0 amide bonds. The van der Waals surface area contributed by atoms with E-state index in [1.165, 1.54) is 0 Å². The van der Waals surface area contributed by atoms with Gasteiger partial charge in [-0.3, -0.25) is 4.79 Å². The van der Waals surface area contributed by atoms with Crippen molar-refractivity contribution >= 4 is 11.5 Å². The van der Waals surface area contributed by atoms with E-state index in [4.69, 9.17) is 4.74 Å². The lowest BCUT2D eigenvalue weighted by atomic mass is 9.91. The van der Waals surface area contributed by atoms with Gasteiger partial charge in [-0.15, -0.1) is 0 Å². The number of rotatable bonds is 1. The third kappa shape index (κ3) is 2.72. The molecule has 0 fully saturated rings. The van der Waals surface area contributed by atoms with Crippen LogP contribution in [0.25, 0.3) is 5.52 Å². The van der Waals surface area contributed by atoms with Crippen LogP contribution < -0.4 is 4.74 Å². The Bertz CT molecular complexity index is 639. The number of aromatic nitrogens is 1. The Balaban J connectivity index is 2.56. The first-order valence-electron chi connectivity index (χ1n) is 6.93. The van der Waals surface area contributed by atoms with Crippen molar-refractivity contribution < 1.29 is 9.53 Å². The Hall–Kier alpha value is -1.77. The molecule has 0 saturated heterocycles. The first-order chi connectivity index (χ1) is 9.10. The molecule has 2 aromatic heterocycles. The Morgan fingerprint density at radius 1 is 1.10 bits per heavy atom. The van der Waals surface area contributed by atoms with Gasteiger partial charge in [0, 0.05) is 23.2 Å². The van der Waals surface area contributed by atoms with Crippen LogP contribution in [0.1, 0.15) is 47.2 Å². The van der Waals surface area contributed by atoms with Crippen LogP contribution in [0.2, 0.25) is 0 Å². The average molecular weight is 273 g/mol. The smallest absolute Gasteiger partial charge is 0.316 e.